The maximum atomic E-state index is 5.67. The largest absolute Gasteiger partial charge is 0.477 e. The van der Waals surface area contributed by atoms with E-state index in [4.69, 9.17) is 10.5 Å². The van der Waals surface area contributed by atoms with Crippen LogP contribution in [0.4, 0.5) is 5.82 Å². The second-order valence-corrected chi connectivity index (χ2v) is 3.79. The molecule has 5 nitrogen and oxygen atoms in total. The first-order valence-electron chi connectivity index (χ1n) is 5.21. The van der Waals surface area contributed by atoms with Crippen LogP contribution in [0.15, 0.2) is 12.4 Å². The summed E-state index contributed by atoms with van der Waals surface area (Å²) in [5, 5.41) is 3.30. The highest BCUT2D eigenvalue weighted by Crippen LogP contribution is 2.37. The Hall–Kier alpha value is -1.36. The minimum atomic E-state index is 0.0551. The van der Waals surface area contributed by atoms with E-state index in [0.29, 0.717) is 19.0 Å². The van der Waals surface area contributed by atoms with Crippen LogP contribution in [0.3, 0.4) is 0 Å². The van der Waals surface area contributed by atoms with Crippen LogP contribution < -0.4 is 15.8 Å². The zero-order chi connectivity index (χ0) is 10.7. The molecule has 1 fully saturated rings. The molecule has 0 unspecified atom stereocenters. The molecule has 0 radical (unpaired) electrons. The minimum Gasteiger partial charge on any atom is -0.477 e. The summed E-state index contributed by atoms with van der Waals surface area (Å²) < 4.78 is 5.27. The smallest absolute Gasteiger partial charge is 0.234 e. The number of nitrogens with two attached hydrogens (primary N) is 1. The van der Waals surface area contributed by atoms with Gasteiger partial charge in [0.2, 0.25) is 5.88 Å². The van der Waals surface area contributed by atoms with Gasteiger partial charge in [0.05, 0.1) is 24.5 Å². The van der Waals surface area contributed by atoms with E-state index in [-0.39, 0.29) is 5.54 Å². The van der Waals surface area contributed by atoms with Gasteiger partial charge in [0.25, 0.3) is 0 Å². The van der Waals surface area contributed by atoms with Crippen molar-refractivity contribution in [2.75, 3.05) is 18.5 Å². The Morgan fingerprint density at radius 3 is 2.93 bits per heavy atom. The lowest BCUT2D eigenvalue weighted by atomic mass is 10.3. The third-order valence-corrected chi connectivity index (χ3v) is 2.54. The van der Waals surface area contributed by atoms with Crippen LogP contribution >= 0.6 is 0 Å². The van der Waals surface area contributed by atoms with Crippen molar-refractivity contribution < 1.29 is 4.74 Å². The predicted molar refractivity (Wildman–Crippen MR) is 57.8 cm³/mol. The van der Waals surface area contributed by atoms with Gasteiger partial charge in [0, 0.05) is 6.54 Å². The van der Waals surface area contributed by atoms with Crippen LogP contribution in [0, 0.1) is 0 Å². The van der Waals surface area contributed by atoms with E-state index in [0.717, 1.165) is 18.7 Å². The minimum absolute atomic E-state index is 0.0551. The number of hydrogen-bond donors (Lipinski definition) is 2. The third kappa shape index (κ3) is 2.36. The first-order valence-corrected chi connectivity index (χ1v) is 5.21. The summed E-state index contributed by atoms with van der Waals surface area (Å²) in [5.74, 6) is 1.29. The fraction of sp³-hybridized carbons (Fsp3) is 0.600. The summed E-state index contributed by atoms with van der Waals surface area (Å²) in [6.45, 7) is 3.15. The van der Waals surface area contributed by atoms with Crippen LogP contribution in [0.25, 0.3) is 0 Å². The molecule has 0 spiro atoms. The van der Waals surface area contributed by atoms with Gasteiger partial charge in [-0.2, -0.15) is 4.98 Å². The zero-order valence-electron chi connectivity index (χ0n) is 8.86. The molecule has 15 heavy (non-hydrogen) atoms. The first-order chi connectivity index (χ1) is 7.28. The molecule has 3 N–H and O–H groups in total. The Balaban J connectivity index is 2.05. The lowest BCUT2D eigenvalue weighted by Gasteiger charge is -2.15. The number of nitrogens with one attached hydrogen (secondary N) is 1. The molecule has 82 valence electrons. The number of anilines is 1. The molecular formula is C10H16N4O. The van der Waals surface area contributed by atoms with E-state index < -0.39 is 0 Å². The van der Waals surface area contributed by atoms with Crippen molar-refractivity contribution in [1.82, 2.24) is 9.97 Å². The first kappa shape index (κ1) is 10.2. The average molecular weight is 208 g/mol. The number of ether oxygens (including phenoxy) is 1. The molecule has 1 aliphatic rings. The van der Waals surface area contributed by atoms with E-state index in [1.165, 1.54) is 0 Å². The van der Waals surface area contributed by atoms with Gasteiger partial charge >= 0.3 is 0 Å². The third-order valence-electron chi connectivity index (χ3n) is 2.54. The van der Waals surface area contributed by atoms with E-state index in [9.17, 15) is 0 Å². The van der Waals surface area contributed by atoms with Crippen molar-refractivity contribution in [1.29, 1.82) is 0 Å². The molecule has 1 aromatic heterocycles. The molecule has 0 atom stereocenters. The monoisotopic (exact) mass is 208 g/mol. The summed E-state index contributed by atoms with van der Waals surface area (Å²) in [4.78, 5) is 8.34. The SMILES string of the molecule is CCOc1cncc(NC2(CN)CC2)n1. The van der Waals surface area contributed by atoms with E-state index in [1.54, 1.807) is 12.4 Å². The summed E-state index contributed by atoms with van der Waals surface area (Å²) in [6.07, 6.45) is 5.50. The molecule has 1 saturated carbocycles. The van der Waals surface area contributed by atoms with E-state index >= 15 is 0 Å². The van der Waals surface area contributed by atoms with Crippen LogP contribution in [0.1, 0.15) is 19.8 Å². The van der Waals surface area contributed by atoms with Crippen molar-refractivity contribution in [3.05, 3.63) is 12.4 Å². The Morgan fingerprint density at radius 2 is 2.33 bits per heavy atom. The van der Waals surface area contributed by atoms with Gasteiger partial charge in [0.1, 0.15) is 5.82 Å². The van der Waals surface area contributed by atoms with E-state index in [2.05, 4.69) is 15.3 Å². The molecule has 1 aromatic rings. The highest BCUT2D eigenvalue weighted by molar-refractivity contribution is 5.40. The van der Waals surface area contributed by atoms with Crippen molar-refractivity contribution in [2.45, 2.75) is 25.3 Å². The maximum Gasteiger partial charge on any atom is 0.234 e. The van der Waals surface area contributed by atoms with Crippen LogP contribution in [0.5, 0.6) is 5.88 Å². The molecule has 2 rings (SSSR count). The molecule has 0 aliphatic heterocycles. The number of nitrogens with zero attached hydrogens (tertiary/aromatic N) is 2. The lowest BCUT2D eigenvalue weighted by molar-refractivity contribution is 0.325. The summed E-state index contributed by atoms with van der Waals surface area (Å²) in [7, 11) is 0. The Kier molecular flexibility index (Phi) is 2.73. The molecule has 0 aromatic carbocycles. The van der Waals surface area contributed by atoms with Crippen molar-refractivity contribution in [3.8, 4) is 5.88 Å². The van der Waals surface area contributed by atoms with Crippen LogP contribution in [-0.2, 0) is 0 Å². The van der Waals surface area contributed by atoms with Gasteiger partial charge in [-0.25, -0.2) is 0 Å². The highest BCUT2D eigenvalue weighted by Gasteiger charge is 2.41. The molecule has 1 heterocycles. The maximum absolute atomic E-state index is 5.67. The second kappa shape index (κ2) is 4.02. The Morgan fingerprint density at radius 1 is 1.53 bits per heavy atom. The topological polar surface area (TPSA) is 73.1 Å². The second-order valence-electron chi connectivity index (χ2n) is 3.79. The lowest BCUT2D eigenvalue weighted by Crippen LogP contribution is -2.31. The normalized spacial score (nSPS) is 17.2. The van der Waals surface area contributed by atoms with Gasteiger partial charge < -0.3 is 15.8 Å². The van der Waals surface area contributed by atoms with Gasteiger partial charge in [0.15, 0.2) is 0 Å². The Bertz CT molecular complexity index is 338. The zero-order valence-corrected chi connectivity index (χ0v) is 8.86. The summed E-state index contributed by atoms with van der Waals surface area (Å²) >= 11 is 0. The standard InChI is InChI=1S/C10H16N4O/c1-2-15-9-6-12-5-8(13-9)14-10(7-11)3-4-10/h5-6H,2-4,7,11H2,1H3,(H,13,14). The predicted octanol–water partition coefficient (Wildman–Crippen LogP) is 0.778. The fourth-order valence-corrected chi connectivity index (χ4v) is 1.43. The molecule has 0 bridgehead atoms. The Labute approximate surface area is 89.1 Å². The van der Waals surface area contributed by atoms with Crippen molar-refractivity contribution in [2.24, 2.45) is 5.73 Å². The van der Waals surface area contributed by atoms with Gasteiger partial charge in [-0.1, -0.05) is 0 Å². The van der Waals surface area contributed by atoms with Crippen LogP contribution in [-0.4, -0.2) is 28.7 Å². The van der Waals surface area contributed by atoms with Crippen LogP contribution in [0.2, 0.25) is 0 Å². The fourth-order valence-electron chi connectivity index (χ4n) is 1.43. The number of hydrogen-bond acceptors (Lipinski definition) is 5. The average Bonchev–Trinajstić information content (AvgIpc) is 3.00. The van der Waals surface area contributed by atoms with Gasteiger partial charge in [-0.3, -0.25) is 4.98 Å². The highest BCUT2D eigenvalue weighted by atomic mass is 16.5. The summed E-state index contributed by atoms with van der Waals surface area (Å²) in [6, 6.07) is 0. The molecule has 0 amide bonds. The molecule has 1 aliphatic carbocycles. The molecular weight excluding hydrogens is 192 g/mol. The summed E-state index contributed by atoms with van der Waals surface area (Å²) in [5.41, 5.74) is 5.73. The van der Waals surface area contributed by atoms with Crippen molar-refractivity contribution in [3.63, 3.8) is 0 Å². The molecule has 0 saturated heterocycles. The molecule has 5 heteroatoms. The van der Waals surface area contributed by atoms with E-state index in [1.807, 2.05) is 6.92 Å². The number of aromatic nitrogens is 2. The van der Waals surface area contributed by atoms with Crippen molar-refractivity contribution >= 4 is 5.82 Å². The van der Waals surface area contributed by atoms with Gasteiger partial charge in [-0.05, 0) is 19.8 Å². The van der Waals surface area contributed by atoms with Gasteiger partial charge in [-0.15, -0.1) is 0 Å². The quantitative estimate of drug-likeness (QED) is 0.748. The number of rotatable bonds is 5.